The van der Waals surface area contributed by atoms with Crippen molar-refractivity contribution in [2.75, 3.05) is 20.3 Å². The van der Waals surface area contributed by atoms with Gasteiger partial charge in [-0.3, -0.25) is 4.98 Å². The standard InChI is InChI=1S/C31H30Cl2N4O2/c1-37-20-35-19-30(37)31(38,22-7-10-24(32)11-8-22)23-9-12-29-28(16-23)27(21-5-3-6-25(33)15-21)17-26(36-29)18-34-13-4-14-39-2/h3,5-12,15-17,19-20,34,38H,4,13-14,18H2,1-2H3. The van der Waals surface area contributed by atoms with Gasteiger partial charge in [-0.2, -0.15) is 0 Å². The summed E-state index contributed by atoms with van der Waals surface area (Å²) in [6, 6.07) is 23.0. The fourth-order valence-corrected chi connectivity index (χ4v) is 5.22. The van der Waals surface area contributed by atoms with E-state index in [-0.39, 0.29) is 0 Å². The van der Waals surface area contributed by atoms with E-state index < -0.39 is 5.60 Å². The average molecular weight is 562 g/mol. The van der Waals surface area contributed by atoms with E-state index in [0.29, 0.717) is 40.0 Å². The first kappa shape index (κ1) is 27.3. The van der Waals surface area contributed by atoms with Crippen molar-refractivity contribution in [2.24, 2.45) is 7.05 Å². The van der Waals surface area contributed by atoms with Gasteiger partial charge in [0.1, 0.15) is 0 Å². The van der Waals surface area contributed by atoms with Gasteiger partial charge in [-0.25, -0.2) is 4.98 Å². The predicted octanol–water partition coefficient (Wildman–Crippen LogP) is 6.35. The SMILES string of the molecule is COCCCNCc1cc(-c2cccc(Cl)c2)c2cc(C(O)(c3ccc(Cl)cc3)c3cncn3C)ccc2n1. The van der Waals surface area contributed by atoms with Gasteiger partial charge in [0.05, 0.1) is 29.4 Å². The van der Waals surface area contributed by atoms with E-state index in [0.717, 1.165) is 40.7 Å². The first-order valence-electron chi connectivity index (χ1n) is 12.7. The molecule has 5 aromatic rings. The van der Waals surface area contributed by atoms with Crippen molar-refractivity contribution in [2.45, 2.75) is 18.6 Å². The molecule has 0 aliphatic heterocycles. The third-order valence-corrected chi connectivity index (χ3v) is 7.36. The Bertz CT molecular complexity index is 1590. The zero-order valence-corrected chi connectivity index (χ0v) is 23.4. The number of methoxy groups -OCH3 is 1. The number of pyridine rings is 1. The van der Waals surface area contributed by atoms with Crippen molar-refractivity contribution >= 4 is 34.1 Å². The molecule has 200 valence electrons. The maximum absolute atomic E-state index is 12.4. The number of aryl methyl sites for hydroxylation is 1. The fourth-order valence-electron chi connectivity index (χ4n) is 4.91. The fraction of sp³-hybridized carbons (Fsp3) is 0.226. The third-order valence-electron chi connectivity index (χ3n) is 6.87. The van der Waals surface area contributed by atoms with Crippen LogP contribution in [0.15, 0.2) is 85.3 Å². The molecule has 0 saturated heterocycles. The lowest BCUT2D eigenvalue weighted by atomic mass is 9.82. The lowest BCUT2D eigenvalue weighted by molar-refractivity contribution is 0.117. The first-order chi connectivity index (χ1) is 18.9. The van der Waals surface area contributed by atoms with Crippen LogP contribution in [0.25, 0.3) is 22.0 Å². The Balaban J connectivity index is 1.67. The summed E-state index contributed by atoms with van der Waals surface area (Å²) in [4.78, 5) is 9.23. The topological polar surface area (TPSA) is 72.2 Å². The molecule has 0 spiro atoms. The van der Waals surface area contributed by atoms with Crippen molar-refractivity contribution in [1.82, 2.24) is 19.9 Å². The molecule has 0 fully saturated rings. The van der Waals surface area contributed by atoms with Gasteiger partial charge in [0.25, 0.3) is 0 Å². The van der Waals surface area contributed by atoms with Crippen LogP contribution in [-0.4, -0.2) is 39.9 Å². The van der Waals surface area contributed by atoms with Gasteiger partial charge in [-0.05, 0) is 77.7 Å². The summed E-state index contributed by atoms with van der Waals surface area (Å²) < 4.78 is 6.98. The number of nitrogens with one attached hydrogen (secondary N) is 1. The molecule has 2 aromatic heterocycles. The van der Waals surface area contributed by atoms with E-state index in [1.165, 1.54) is 0 Å². The number of rotatable bonds is 10. The monoisotopic (exact) mass is 560 g/mol. The molecule has 1 atom stereocenters. The summed E-state index contributed by atoms with van der Waals surface area (Å²) in [6.07, 6.45) is 4.29. The minimum atomic E-state index is -1.47. The van der Waals surface area contributed by atoms with E-state index >= 15 is 0 Å². The molecule has 2 heterocycles. The van der Waals surface area contributed by atoms with E-state index in [2.05, 4.69) is 16.4 Å². The Labute approximate surface area is 238 Å². The number of hydrogen-bond donors (Lipinski definition) is 2. The molecule has 0 amide bonds. The number of aromatic nitrogens is 3. The Morgan fingerprint density at radius 2 is 1.77 bits per heavy atom. The van der Waals surface area contributed by atoms with E-state index in [1.807, 2.05) is 66.2 Å². The summed E-state index contributed by atoms with van der Waals surface area (Å²) >= 11 is 12.6. The molecule has 0 aliphatic rings. The molecule has 0 saturated carbocycles. The van der Waals surface area contributed by atoms with Crippen LogP contribution in [0.4, 0.5) is 0 Å². The van der Waals surface area contributed by atoms with Crippen molar-refractivity contribution < 1.29 is 9.84 Å². The number of benzene rings is 3. The highest BCUT2D eigenvalue weighted by Gasteiger charge is 2.37. The van der Waals surface area contributed by atoms with Gasteiger partial charge in [0, 0.05) is 42.7 Å². The number of imidazole rings is 1. The molecule has 0 bridgehead atoms. The third kappa shape index (κ3) is 5.71. The molecule has 2 N–H and O–H groups in total. The molecule has 0 radical (unpaired) electrons. The summed E-state index contributed by atoms with van der Waals surface area (Å²) in [6.45, 7) is 2.17. The maximum atomic E-state index is 12.4. The lowest BCUT2D eigenvalue weighted by Gasteiger charge is -2.30. The van der Waals surface area contributed by atoms with E-state index in [9.17, 15) is 5.11 Å². The highest BCUT2D eigenvalue weighted by Crippen LogP contribution is 2.40. The van der Waals surface area contributed by atoms with Crippen LogP contribution in [0, 0.1) is 0 Å². The molecule has 39 heavy (non-hydrogen) atoms. The predicted molar refractivity (Wildman–Crippen MR) is 157 cm³/mol. The quantitative estimate of drug-likeness (QED) is 0.195. The Morgan fingerprint density at radius 1 is 0.974 bits per heavy atom. The largest absolute Gasteiger partial charge is 0.385 e. The van der Waals surface area contributed by atoms with Crippen LogP contribution in [0.2, 0.25) is 10.0 Å². The Hall–Kier alpha value is -3.26. The van der Waals surface area contributed by atoms with Crippen molar-refractivity contribution in [3.8, 4) is 11.1 Å². The highest BCUT2D eigenvalue weighted by atomic mass is 35.5. The van der Waals surface area contributed by atoms with Crippen LogP contribution in [0.5, 0.6) is 0 Å². The van der Waals surface area contributed by atoms with E-state index in [4.69, 9.17) is 32.9 Å². The van der Waals surface area contributed by atoms with Crippen molar-refractivity contribution in [3.05, 3.63) is 118 Å². The zero-order chi connectivity index (χ0) is 27.4. The van der Waals surface area contributed by atoms with Crippen molar-refractivity contribution in [1.29, 1.82) is 0 Å². The highest BCUT2D eigenvalue weighted by molar-refractivity contribution is 6.31. The van der Waals surface area contributed by atoms with Crippen LogP contribution < -0.4 is 5.32 Å². The second kappa shape index (κ2) is 11.9. The average Bonchev–Trinajstić information content (AvgIpc) is 3.38. The van der Waals surface area contributed by atoms with E-state index in [1.54, 1.807) is 31.8 Å². The summed E-state index contributed by atoms with van der Waals surface area (Å²) in [5.41, 5.74) is 4.25. The molecule has 6 nitrogen and oxygen atoms in total. The van der Waals surface area contributed by atoms with Gasteiger partial charge in [-0.1, -0.05) is 53.5 Å². The maximum Gasteiger partial charge on any atom is 0.156 e. The molecule has 5 rings (SSSR count). The first-order valence-corrected chi connectivity index (χ1v) is 13.5. The van der Waals surface area contributed by atoms with Crippen LogP contribution in [0.1, 0.15) is 28.9 Å². The smallest absolute Gasteiger partial charge is 0.156 e. The van der Waals surface area contributed by atoms with Crippen LogP contribution in [-0.2, 0) is 23.9 Å². The Morgan fingerprint density at radius 3 is 2.49 bits per heavy atom. The normalized spacial score (nSPS) is 13.1. The van der Waals surface area contributed by atoms with Crippen molar-refractivity contribution in [3.63, 3.8) is 0 Å². The molecule has 3 aromatic carbocycles. The second-order valence-electron chi connectivity index (χ2n) is 9.53. The Kier molecular flexibility index (Phi) is 8.31. The summed E-state index contributed by atoms with van der Waals surface area (Å²) in [7, 11) is 3.58. The minimum absolute atomic E-state index is 0.598. The molecular formula is C31H30Cl2N4O2. The molecule has 8 heteroatoms. The van der Waals surface area contributed by atoms with Crippen LogP contribution >= 0.6 is 23.2 Å². The molecular weight excluding hydrogens is 531 g/mol. The van der Waals surface area contributed by atoms with Crippen LogP contribution in [0.3, 0.4) is 0 Å². The molecule has 0 aliphatic carbocycles. The number of fused-ring (bicyclic) bond motifs is 1. The minimum Gasteiger partial charge on any atom is -0.385 e. The van der Waals surface area contributed by atoms with Gasteiger partial charge in [0.2, 0.25) is 0 Å². The van der Waals surface area contributed by atoms with Gasteiger partial charge < -0.3 is 19.7 Å². The number of ether oxygens (including phenoxy) is 1. The number of aliphatic hydroxyl groups is 1. The van der Waals surface area contributed by atoms with Gasteiger partial charge >= 0.3 is 0 Å². The molecule has 1 unspecified atom stereocenters. The summed E-state index contributed by atoms with van der Waals surface area (Å²) in [5, 5.41) is 18.0. The van der Waals surface area contributed by atoms with Gasteiger partial charge in [0.15, 0.2) is 5.60 Å². The number of halogens is 2. The number of nitrogens with zero attached hydrogens (tertiary/aromatic N) is 3. The second-order valence-corrected chi connectivity index (χ2v) is 10.4. The zero-order valence-electron chi connectivity index (χ0n) is 21.9. The van der Waals surface area contributed by atoms with Gasteiger partial charge in [-0.15, -0.1) is 0 Å². The lowest BCUT2D eigenvalue weighted by Crippen LogP contribution is -2.31. The summed E-state index contributed by atoms with van der Waals surface area (Å²) in [5.74, 6) is 0. The number of hydrogen-bond acceptors (Lipinski definition) is 5.